The van der Waals surface area contributed by atoms with E-state index in [1.165, 1.54) is 70.8 Å². The number of rotatable bonds is 15. The Hall–Kier alpha value is -0.120. The van der Waals surface area contributed by atoms with Crippen molar-refractivity contribution in [3.63, 3.8) is 0 Å². The van der Waals surface area contributed by atoms with Crippen LogP contribution in [0.15, 0.2) is 0 Å². The largest absolute Gasteiger partial charge is 0.329 e. The average Bonchev–Trinajstić information content (AvgIpc) is 2.41. The molecule has 0 fully saturated rings. The van der Waals surface area contributed by atoms with E-state index in [1.807, 2.05) is 0 Å². The van der Waals surface area contributed by atoms with Crippen molar-refractivity contribution in [3.05, 3.63) is 0 Å². The van der Waals surface area contributed by atoms with Crippen molar-refractivity contribution in [1.82, 2.24) is 4.90 Å². The highest BCUT2D eigenvalue weighted by Crippen LogP contribution is 2.10. The van der Waals surface area contributed by atoms with Gasteiger partial charge in [0.05, 0.1) is 0 Å². The summed E-state index contributed by atoms with van der Waals surface area (Å²) in [5, 5.41) is 0. The van der Waals surface area contributed by atoms with Crippen LogP contribution in [0, 0.1) is 0 Å². The van der Waals surface area contributed by atoms with Crippen LogP contribution in [-0.2, 0) is 0 Å². The number of hydrogen-bond donors (Lipinski definition) is 2. The van der Waals surface area contributed by atoms with E-state index in [-0.39, 0.29) is 0 Å². The molecule has 0 heterocycles. The van der Waals surface area contributed by atoms with E-state index < -0.39 is 0 Å². The molecule has 0 saturated heterocycles. The Bertz CT molecular complexity index is 156. The van der Waals surface area contributed by atoms with E-state index in [0.29, 0.717) is 0 Å². The van der Waals surface area contributed by atoms with Gasteiger partial charge in [-0.25, -0.2) is 0 Å². The molecule has 0 radical (unpaired) electrons. The van der Waals surface area contributed by atoms with E-state index in [9.17, 15) is 0 Å². The molecule has 0 atom stereocenters. The zero-order chi connectivity index (χ0) is 14.2. The minimum absolute atomic E-state index is 0.748. The summed E-state index contributed by atoms with van der Waals surface area (Å²) in [5.41, 5.74) is 11.2. The van der Waals surface area contributed by atoms with Crippen molar-refractivity contribution in [1.29, 1.82) is 0 Å². The van der Waals surface area contributed by atoms with Crippen LogP contribution >= 0.6 is 0 Å². The molecule has 19 heavy (non-hydrogen) atoms. The molecule has 0 unspecified atom stereocenters. The monoisotopic (exact) mass is 271 g/mol. The topological polar surface area (TPSA) is 55.3 Å². The summed E-state index contributed by atoms with van der Waals surface area (Å²) in [6.07, 6.45) is 14.0. The van der Waals surface area contributed by atoms with Crippen molar-refractivity contribution in [2.45, 2.75) is 71.1 Å². The number of hydrogen-bond acceptors (Lipinski definition) is 3. The van der Waals surface area contributed by atoms with Crippen LogP contribution in [0.4, 0.5) is 0 Å². The molecule has 3 heteroatoms. The van der Waals surface area contributed by atoms with Gasteiger partial charge >= 0.3 is 0 Å². The second kappa shape index (κ2) is 15.9. The third-order valence-corrected chi connectivity index (χ3v) is 3.72. The average molecular weight is 271 g/mol. The first-order valence-electron chi connectivity index (χ1n) is 8.47. The predicted molar refractivity (Wildman–Crippen MR) is 86.4 cm³/mol. The molecule has 3 nitrogen and oxygen atoms in total. The summed E-state index contributed by atoms with van der Waals surface area (Å²) in [5.74, 6) is 0. The quantitative estimate of drug-likeness (QED) is 0.450. The smallest absolute Gasteiger partial charge is 0.0105 e. The second-order valence-corrected chi connectivity index (χ2v) is 5.60. The van der Waals surface area contributed by atoms with Crippen molar-refractivity contribution >= 4 is 0 Å². The lowest BCUT2D eigenvalue weighted by Crippen LogP contribution is -2.34. The lowest BCUT2D eigenvalue weighted by atomic mass is 10.1. The molecule has 0 aromatic heterocycles. The number of unbranched alkanes of at least 4 members (excludes halogenated alkanes) is 9. The summed E-state index contributed by atoms with van der Waals surface area (Å²) < 4.78 is 0. The Morgan fingerprint density at radius 2 is 1.00 bits per heavy atom. The van der Waals surface area contributed by atoms with Crippen LogP contribution in [0.25, 0.3) is 0 Å². The molecular weight excluding hydrogens is 234 g/mol. The second-order valence-electron chi connectivity index (χ2n) is 5.60. The highest BCUT2D eigenvalue weighted by molar-refractivity contribution is 4.59. The van der Waals surface area contributed by atoms with Crippen LogP contribution in [0.2, 0.25) is 0 Å². The molecular formula is C16H37N3. The molecule has 0 saturated carbocycles. The minimum atomic E-state index is 0.748. The first-order chi connectivity index (χ1) is 9.35. The zero-order valence-corrected chi connectivity index (χ0v) is 13.2. The fourth-order valence-corrected chi connectivity index (χ4v) is 2.52. The minimum Gasteiger partial charge on any atom is -0.329 e. The number of nitrogens with two attached hydrogens (primary N) is 2. The van der Waals surface area contributed by atoms with E-state index >= 15 is 0 Å². The van der Waals surface area contributed by atoms with E-state index in [1.54, 1.807) is 0 Å². The highest BCUT2D eigenvalue weighted by atomic mass is 15.1. The number of nitrogens with zero attached hydrogens (tertiary/aromatic N) is 1. The van der Waals surface area contributed by atoms with E-state index in [0.717, 1.165) is 26.2 Å². The maximum atomic E-state index is 5.60. The van der Waals surface area contributed by atoms with Gasteiger partial charge in [-0.15, -0.1) is 0 Å². The van der Waals surface area contributed by atoms with Gasteiger partial charge in [-0.1, -0.05) is 64.7 Å². The molecule has 0 aliphatic carbocycles. The van der Waals surface area contributed by atoms with Crippen LogP contribution in [0.5, 0.6) is 0 Å². The molecule has 0 aromatic rings. The molecule has 0 aliphatic rings. The van der Waals surface area contributed by atoms with E-state index in [2.05, 4.69) is 11.8 Å². The molecule has 0 aromatic carbocycles. The Kier molecular flexibility index (Phi) is 15.8. The molecule has 0 aliphatic heterocycles. The molecule has 4 N–H and O–H groups in total. The van der Waals surface area contributed by atoms with Gasteiger partial charge in [-0.3, -0.25) is 0 Å². The molecule has 0 amide bonds. The maximum absolute atomic E-state index is 5.60. The molecule has 116 valence electrons. The Balaban J connectivity index is 3.20. The van der Waals surface area contributed by atoms with Crippen molar-refractivity contribution < 1.29 is 0 Å². The molecule has 0 bridgehead atoms. The highest BCUT2D eigenvalue weighted by Gasteiger charge is 2.01. The fraction of sp³-hybridized carbons (Fsp3) is 1.00. The van der Waals surface area contributed by atoms with Gasteiger partial charge in [-0.05, 0) is 13.0 Å². The van der Waals surface area contributed by atoms with Gasteiger partial charge in [0, 0.05) is 26.2 Å². The Labute approximate surface area is 121 Å². The van der Waals surface area contributed by atoms with Gasteiger partial charge in [-0.2, -0.15) is 0 Å². The normalized spacial score (nSPS) is 11.4. The third kappa shape index (κ3) is 14.1. The summed E-state index contributed by atoms with van der Waals surface area (Å²) in [6, 6.07) is 0. The van der Waals surface area contributed by atoms with Crippen LogP contribution in [-0.4, -0.2) is 37.6 Å². The Morgan fingerprint density at radius 1 is 0.579 bits per heavy atom. The van der Waals surface area contributed by atoms with Gasteiger partial charge in [0.15, 0.2) is 0 Å². The SMILES string of the molecule is CCCCCCCCCCCCN(CCN)CCN. The van der Waals surface area contributed by atoms with Gasteiger partial charge in [0.25, 0.3) is 0 Å². The lowest BCUT2D eigenvalue weighted by Gasteiger charge is -2.20. The third-order valence-electron chi connectivity index (χ3n) is 3.72. The summed E-state index contributed by atoms with van der Waals surface area (Å²) in [7, 11) is 0. The summed E-state index contributed by atoms with van der Waals surface area (Å²) >= 11 is 0. The predicted octanol–water partition coefficient (Wildman–Crippen LogP) is 3.13. The van der Waals surface area contributed by atoms with Gasteiger partial charge in [0.1, 0.15) is 0 Å². The maximum Gasteiger partial charge on any atom is 0.0105 e. The van der Waals surface area contributed by atoms with Crippen LogP contribution in [0.3, 0.4) is 0 Å². The Morgan fingerprint density at radius 3 is 1.42 bits per heavy atom. The van der Waals surface area contributed by atoms with Crippen molar-refractivity contribution in [2.75, 3.05) is 32.7 Å². The van der Waals surface area contributed by atoms with Crippen molar-refractivity contribution in [3.8, 4) is 0 Å². The summed E-state index contributed by atoms with van der Waals surface area (Å²) in [6.45, 7) is 6.93. The van der Waals surface area contributed by atoms with Crippen LogP contribution < -0.4 is 11.5 Å². The standard InChI is InChI=1S/C16H37N3/c1-2-3-4-5-6-7-8-9-10-11-14-19(15-12-17)16-13-18/h2-18H2,1H3. The first kappa shape index (κ1) is 18.9. The molecule has 0 rings (SSSR count). The first-order valence-corrected chi connectivity index (χ1v) is 8.47. The zero-order valence-electron chi connectivity index (χ0n) is 13.2. The van der Waals surface area contributed by atoms with Crippen molar-refractivity contribution in [2.24, 2.45) is 11.5 Å². The van der Waals surface area contributed by atoms with Crippen LogP contribution in [0.1, 0.15) is 71.1 Å². The van der Waals surface area contributed by atoms with E-state index in [4.69, 9.17) is 11.5 Å². The molecule has 0 spiro atoms. The summed E-state index contributed by atoms with van der Waals surface area (Å²) in [4.78, 5) is 2.39. The van der Waals surface area contributed by atoms with Gasteiger partial charge < -0.3 is 16.4 Å². The lowest BCUT2D eigenvalue weighted by molar-refractivity contribution is 0.281. The van der Waals surface area contributed by atoms with Gasteiger partial charge in [0.2, 0.25) is 0 Å². The fourth-order valence-electron chi connectivity index (χ4n) is 2.52.